The Balaban J connectivity index is 1.55. The average Bonchev–Trinajstić information content (AvgIpc) is 2.99. The van der Waals surface area contributed by atoms with Gasteiger partial charge in [0.2, 0.25) is 0 Å². The van der Waals surface area contributed by atoms with Crippen molar-refractivity contribution in [1.82, 2.24) is 0 Å². The Morgan fingerprint density at radius 2 is 1.66 bits per heavy atom. The first kappa shape index (κ1) is 21.8. The Morgan fingerprint density at radius 3 is 2.38 bits per heavy atom. The number of hydrogen-bond donors (Lipinski definition) is 1. The van der Waals surface area contributed by atoms with Gasteiger partial charge in [0.05, 0.1) is 18.7 Å². The molecule has 0 spiro atoms. The molecule has 1 heterocycles. The Labute approximate surface area is 192 Å². The zero-order chi connectivity index (χ0) is 22.6. The van der Waals surface area contributed by atoms with E-state index in [0.717, 1.165) is 11.1 Å². The number of nitrogens with zero attached hydrogens (tertiary/aromatic N) is 1. The second-order valence-corrected chi connectivity index (χ2v) is 8.11. The van der Waals surface area contributed by atoms with Gasteiger partial charge in [-0.05, 0) is 35.4 Å². The number of ketones is 1. The average molecular weight is 444 g/mol. The summed E-state index contributed by atoms with van der Waals surface area (Å²) < 4.78 is 0. The van der Waals surface area contributed by atoms with Crippen molar-refractivity contribution < 1.29 is 14.7 Å². The van der Waals surface area contributed by atoms with Crippen molar-refractivity contribution in [3.63, 3.8) is 0 Å². The van der Waals surface area contributed by atoms with Gasteiger partial charge in [0.1, 0.15) is 0 Å². The molecule has 1 N–H and O–H groups in total. The molecule has 0 aromatic heterocycles. The molecule has 160 valence electrons. The molecule has 5 heteroatoms. The number of allylic oxidation sites excluding steroid dienone is 3. The van der Waals surface area contributed by atoms with Crippen molar-refractivity contribution in [3.05, 3.63) is 119 Å². The minimum atomic E-state index is -1.96. The number of benzene rings is 3. The van der Waals surface area contributed by atoms with Gasteiger partial charge in [-0.2, -0.15) is 0 Å². The van der Waals surface area contributed by atoms with Crippen LogP contribution in [-0.2, 0) is 21.7 Å². The number of rotatable bonds is 7. The molecule has 0 saturated carbocycles. The lowest BCUT2D eigenvalue weighted by Gasteiger charge is -2.22. The van der Waals surface area contributed by atoms with Gasteiger partial charge in [0, 0.05) is 10.6 Å². The molecule has 0 unspecified atom stereocenters. The smallest absolute Gasteiger partial charge is 0.264 e. The van der Waals surface area contributed by atoms with E-state index in [4.69, 9.17) is 11.6 Å². The van der Waals surface area contributed by atoms with Crippen molar-refractivity contribution in [2.45, 2.75) is 18.6 Å². The molecular weight excluding hydrogens is 422 g/mol. The number of anilines is 1. The Hall–Kier alpha value is -3.47. The van der Waals surface area contributed by atoms with Gasteiger partial charge in [-0.1, -0.05) is 90.5 Å². The first-order valence-corrected chi connectivity index (χ1v) is 10.7. The Bertz CT molecular complexity index is 1190. The fraction of sp³-hybridized carbons (Fsp3) is 0.111. The number of carbonyl (C=O) groups excluding carboxylic acids is 2. The van der Waals surface area contributed by atoms with Crippen LogP contribution in [0.5, 0.6) is 0 Å². The van der Waals surface area contributed by atoms with E-state index in [0.29, 0.717) is 22.8 Å². The molecule has 32 heavy (non-hydrogen) atoms. The van der Waals surface area contributed by atoms with Crippen LogP contribution >= 0.6 is 11.6 Å². The summed E-state index contributed by atoms with van der Waals surface area (Å²) in [7, 11) is 0. The summed E-state index contributed by atoms with van der Waals surface area (Å²) in [5, 5.41) is 11.8. The minimum absolute atomic E-state index is 0.292. The lowest BCUT2D eigenvalue weighted by molar-refractivity contribution is -0.140. The van der Waals surface area contributed by atoms with E-state index < -0.39 is 11.5 Å². The Morgan fingerprint density at radius 1 is 0.969 bits per heavy atom. The molecule has 0 saturated heterocycles. The summed E-state index contributed by atoms with van der Waals surface area (Å²) in [6.45, 7) is 0.292. The molecule has 1 atom stereocenters. The molecule has 0 radical (unpaired) electrons. The summed E-state index contributed by atoms with van der Waals surface area (Å²) in [5.74, 6) is -0.883. The van der Waals surface area contributed by atoms with Crippen LogP contribution in [0.25, 0.3) is 6.08 Å². The molecule has 0 bridgehead atoms. The van der Waals surface area contributed by atoms with Crippen molar-refractivity contribution >= 4 is 35.1 Å². The zero-order valence-electron chi connectivity index (χ0n) is 17.3. The van der Waals surface area contributed by atoms with Crippen LogP contribution in [0.3, 0.4) is 0 Å². The molecule has 1 aliphatic heterocycles. The van der Waals surface area contributed by atoms with E-state index in [-0.39, 0.29) is 12.2 Å². The van der Waals surface area contributed by atoms with E-state index in [9.17, 15) is 14.7 Å². The number of aliphatic hydroxyl groups is 1. The van der Waals surface area contributed by atoms with Crippen LogP contribution in [-0.4, -0.2) is 16.8 Å². The van der Waals surface area contributed by atoms with Crippen molar-refractivity contribution in [2.75, 3.05) is 4.90 Å². The van der Waals surface area contributed by atoms with E-state index in [1.165, 1.54) is 11.0 Å². The normalized spacial score (nSPS) is 17.9. The highest BCUT2D eigenvalue weighted by atomic mass is 35.5. The predicted molar refractivity (Wildman–Crippen MR) is 127 cm³/mol. The standard InChI is InChI=1S/C27H22ClNO3/c28-22-15-16-25-24(17-22)27(32,26(31)29(25)19-21-12-5-2-6-13-21)18-23(30)14-8-7-11-20-9-3-1-4-10-20/h1-17,32H,18-19H2/b11-7-,14-8+/t27-/m0/s1. The molecule has 4 rings (SSSR count). The fourth-order valence-electron chi connectivity index (χ4n) is 3.82. The number of carbonyl (C=O) groups is 2. The van der Waals surface area contributed by atoms with E-state index in [1.807, 2.05) is 66.7 Å². The highest BCUT2D eigenvalue weighted by molar-refractivity contribution is 6.31. The number of hydrogen-bond acceptors (Lipinski definition) is 3. The topological polar surface area (TPSA) is 57.6 Å². The number of fused-ring (bicyclic) bond motifs is 1. The van der Waals surface area contributed by atoms with Crippen LogP contribution in [0.15, 0.2) is 97.1 Å². The summed E-state index contributed by atoms with van der Waals surface area (Å²) in [5.41, 5.74) is 0.885. The van der Waals surface area contributed by atoms with Crippen LogP contribution in [0.1, 0.15) is 23.1 Å². The summed E-state index contributed by atoms with van der Waals surface area (Å²) in [6.07, 6.45) is 6.24. The van der Waals surface area contributed by atoms with Gasteiger partial charge in [-0.3, -0.25) is 9.59 Å². The second kappa shape index (κ2) is 9.35. The third-order valence-corrected chi connectivity index (χ3v) is 5.62. The number of amides is 1. The Kier molecular flexibility index (Phi) is 6.35. The van der Waals surface area contributed by atoms with E-state index >= 15 is 0 Å². The maximum absolute atomic E-state index is 13.3. The highest BCUT2D eigenvalue weighted by Gasteiger charge is 2.50. The third kappa shape index (κ3) is 4.57. The van der Waals surface area contributed by atoms with Gasteiger partial charge in [0.25, 0.3) is 5.91 Å². The maximum Gasteiger partial charge on any atom is 0.264 e. The predicted octanol–water partition coefficient (Wildman–Crippen LogP) is 5.30. The van der Waals surface area contributed by atoms with Crippen molar-refractivity contribution in [2.24, 2.45) is 0 Å². The monoisotopic (exact) mass is 443 g/mol. The second-order valence-electron chi connectivity index (χ2n) is 7.67. The summed E-state index contributed by atoms with van der Waals surface area (Å²) in [6, 6.07) is 24.1. The van der Waals surface area contributed by atoms with Crippen molar-refractivity contribution in [3.8, 4) is 0 Å². The third-order valence-electron chi connectivity index (χ3n) is 5.39. The van der Waals surface area contributed by atoms with Crippen LogP contribution in [0.4, 0.5) is 5.69 Å². The zero-order valence-corrected chi connectivity index (χ0v) is 18.1. The summed E-state index contributed by atoms with van der Waals surface area (Å²) >= 11 is 6.15. The van der Waals surface area contributed by atoms with Crippen molar-refractivity contribution in [1.29, 1.82) is 0 Å². The molecular formula is C27H22ClNO3. The largest absolute Gasteiger partial charge is 0.375 e. The number of halogens is 1. The molecule has 1 aliphatic rings. The SMILES string of the molecule is O=C(/C=C/C=C\c1ccccc1)C[C@@]1(O)C(=O)N(Cc2ccccc2)c2ccc(Cl)cc21. The van der Waals surface area contributed by atoms with Gasteiger partial charge >= 0.3 is 0 Å². The molecule has 0 fully saturated rings. The molecule has 1 amide bonds. The van der Waals surface area contributed by atoms with Gasteiger partial charge < -0.3 is 10.0 Å². The first-order chi connectivity index (χ1) is 15.5. The highest BCUT2D eigenvalue weighted by Crippen LogP contribution is 2.44. The lowest BCUT2D eigenvalue weighted by Crippen LogP contribution is -2.41. The minimum Gasteiger partial charge on any atom is -0.375 e. The maximum atomic E-state index is 13.3. The first-order valence-electron chi connectivity index (χ1n) is 10.3. The van der Waals surface area contributed by atoms with E-state index in [1.54, 1.807) is 30.4 Å². The fourth-order valence-corrected chi connectivity index (χ4v) is 3.99. The van der Waals surface area contributed by atoms with Crippen LogP contribution < -0.4 is 4.90 Å². The van der Waals surface area contributed by atoms with Crippen LogP contribution in [0, 0.1) is 0 Å². The van der Waals surface area contributed by atoms with Gasteiger partial charge in [0.15, 0.2) is 11.4 Å². The molecule has 4 nitrogen and oxygen atoms in total. The molecule has 3 aromatic rings. The lowest BCUT2D eigenvalue weighted by atomic mass is 9.90. The van der Waals surface area contributed by atoms with E-state index in [2.05, 4.69) is 0 Å². The molecule has 0 aliphatic carbocycles. The quantitative estimate of drug-likeness (QED) is 0.398. The van der Waals surface area contributed by atoms with Gasteiger partial charge in [-0.15, -0.1) is 0 Å². The van der Waals surface area contributed by atoms with Gasteiger partial charge in [-0.25, -0.2) is 0 Å². The molecule has 3 aromatic carbocycles. The summed E-state index contributed by atoms with van der Waals surface area (Å²) in [4.78, 5) is 27.4. The van der Waals surface area contributed by atoms with Crippen LogP contribution in [0.2, 0.25) is 5.02 Å².